The Labute approximate surface area is 118 Å². The fourth-order valence-corrected chi connectivity index (χ4v) is 3.75. The topological polar surface area (TPSA) is 29.5 Å². The molecule has 2 fully saturated rings. The lowest BCUT2D eigenvalue weighted by Gasteiger charge is -2.44. The molecule has 1 saturated heterocycles. The van der Waals surface area contributed by atoms with E-state index in [1.807, 2.05) is 0 Å². The Bertz CT molecular complexity index is 268. The van der Waals surface area contributed by atoms with Crippen molar-refractivity contribution >= 4 is 0 Å². The number of aliphatic hydroxyl groups is 1. The molecule has 0 radical (unpaired) electrons. The van der Waals surface area contributed by atoms with Gasteiger partial charge in [-0.2, -0.15) is 0 Å². The van der Waals surface area contributed by atoms with Crippen LogP contribution in [0, 0.1) is 11.3 Å². The molecule has 0 aromatic heterocycles. The van der Waals surface area contributed by atoms with Crippen LogP contribution in [0.2, 0.25) is 0 Å². The molecule has 2 unspecified atom stereocenters. The van der Waals surface area contributed by atoms with Gasteiger partial charge < -0.3 is 9.84 Å². The van der Waals surface area contributed by atoms with Crippen molar-refractivity contribution in [1.82, 2.24) is 0 Å². The van der Waals surface area contributed by atoms with Gasteiger partial charge in [-0.15, -0.1) is 0 Å². The van der Waals surface area contributed by atoms with Gasteiger partial charge in [0.05, 0.1) is 11.7 Å². The predicted octanol–water partition coefficient (Wildman–Crippen LogP) is 4.30. The van der Waals surface area contributed by atoms with Gasteiger partial charge in [-0.25, -0.2) is 0 Å². The molecule has 19 heavy (non-hydrogen) atoms. The Morgan fingerprint density at radius 2 is 1.89 bits per heavy atom. The third-order valence-electron chi connectivity index (χ3n) is 5.21. The van der Waals surface area contributed by atoms with Gasteiger partial charge in [-0.3, -0.25) is 0 Å². The van der Waals surface area contributed by atoms with Gasteiger partial charge in [-0.05, 0) is 49.9 Å². The van der Waals surface area contributed by atoms with Crippen LogP contribution in [0.4, 0.5) is 0 Å². The number of hydrogen-bond acceptors (Lipinski definition) is 2. The smallest absolute Gasteiger partial charge is 0.0685 e. The summed E-state index contributed by atoms with van der Waals surface area (Å²) in [4.78, 5) is 0. The standard InChI is InChI=1S/C17H32O2/c1-16(2,3)15(18)8-7-14-9-12-19-17(13-14)10-5-4-6-11-17/h14-15,18H,4-13H2,1-3H3. The van der Waals surface area contributed by atoms with Crippen molar-refractivity contribution in [3.8, 4) is 0 Å². The Kier molecular flexibility index (Phi) is 4.94. The van der Waals surface area contributed by atoms with Gasteiger partial charge in [0.25, 0.3) is 0 Å². The first kappa shape index (κ1) is 15.3. The molecule has 1 N–H and O–H groups in total. The maximum atomic E-state index is 10.2. The van der Waals surface area contributed by atoms with Gasteiger partial charge in [0.1, 0.15) is 0 Å². The molecule has 2 aliphatic rings. The summed E-state index contributed by atoms with van der Waals surface area (Å²) >= 11 is 0. The second-order valence-electron chi connectivity index (χ2n) is 7.91. The first-order valence-electron chi connectivity index (χ1n) is 8.23. The molecule has 2 atom stereocenters. The zero-order valence-corrected chi connectivity index (χ0v) is 13.1. The summed E-state index contributed by atoms with van der Waals surface area (Å²) < 4.78 is 6.15. The van der Waals surface area contributed by atoms with Gasteiger partial charge in [0, 0.05) is 6.61 Å². The average molecular weight is 268 g/mol. The molecule has 2 nitrogen and oxygen atoms in total. The molecule has 2 heteroatoms. The molecule has 0 aromatic carbocycles. The average Bonchev–Trinajstić information content (AvgIpc) is 2.36. The van der Waals surface area contributed by atoms with Gasteiger partial charge in [0.15, 0.2) is 0 Å². The highest BCUT2D eigenvalue weighted by atomic mass is 16.5. The van der Waals surface area contributed by atoms with Crippen LogP contribution < -0.4 is 0 Å². The second-order valence-corrected chi connectivity index (χ2v) is 7.91. The van der Waals surface area contributed by atoms with Crippen LogP contribution in [0.25, 0.3) is 0 Å². The van der Waals surface area contributed by atoms with E-state index >= 15 is 0 Å². The Morgan fingerprint density at radius 3 is 2.53 bits per heavy atom. The van der Waals surface area contributed by atoms with Crippen molar-refractivity contribution in [2.75, 3.05) is 6.61 Å². The van der Waals surface area contributed by atoms with Crippen LogP contribution in [-0.4, -0.2) is 23.4 Å². The van der Waals surface area contributed by atoms with Crippen molar-refractivity contribution in [2.45, 2.75) is 90.3 Å². The van der Waals surface area contributed by atoms with Crippen LogP contribution in [0.5, 0.6) is 0 Å². The largest absolute Gasteiger partial charge is 0.393 e. The molecule has 0 amide bonds. The number of aliphatic hydroxyl groups excluding tert-OH is 1. The SMILES string of the molecule is CC(C)(C)C(O)CCC1CCOC2(CCCCC2)C1. The van der Waals surface area contributed by atoms with E-state index in [1.165, 1.54) is 51.4 Å². The van der Waals surface area contributed by atoms with Gasteiger partial charge in [-0.1, -0.05) is 40.0 Å². The summed E-state index contributed by atoms with van der Waals surface area (Å²) in [5.41, 5.74) is 0.238. The maximum Gasteiger partial charge on any atom is 0.0685 e. The zero-order valence-electron chi connectivity index (χ0n) is 13.1. The number of rotatable bonds is 3. The van der Waals surface area contributed by atoms with Crippen LogP contribution in [0.1, 0.15) is 78.6 Å². The second kappa shape index (κ2) is 6.13. The Hall–Kier alpha value is -0.0800. The molecular weight excluding hydrogens is 236 g/mol. The fourth-order valence-electron chi connectivity index (χ4n) is 3.75. The summed E-state index contributed by atoms with van der Waals surface area (Å²) in [6.07, 6.45) is 11.0. The molecule has 1 spiro atoms. The number of hydrogen-bond donors (Lipinski definition) is 1. The molecule has 1 aliphatic carbocycles. The molecule has 1 aliphatic heterocycles. The summed E-state index contributed by atoms with van der Waals surface area (Å²) in [6.45, 7) is 7.33. The lowest BCUT2D eigenvalue weighted by molar-refractivity contribution is -0.119. The monoisotopic (exact) mass is 268 g/mol. The zero-order chi connectivity index (χ0) is 13.9. The minimum atomic E-state index is -0.169. The normalized spacial score (nSPS) is 29.4. The summed E-state index contributed by atoms with van der Waals surface area (Å²) in [7, 11) is 0. The van der Waals surface area contributed by atoms with Crippen LogP contribution in [-0.2, 0) is 4.74 Å². The lowest BCUT2D eigenvalue weighted by atomic mass is 9.74. The van der Waals surface area contributed by atoms with Crippen LogP contribution in [0.15, 0.2) is 0 Å². The fraction of sp³-hybridized carbons (Fsp3) is 1.00. The number of ether oxygens (including phenoxy) is 1. The van der Waals surface area contributed by atoms with Crippen molar-refractivity contribution in [1.29, 1.82) is 0 Å². The van der Waals surface area contributed by atoms with E-state index in [2.05, 4.69) is 20.8 Å². The van der Waals surface area contributed by atoms with E-state index in [-0.39, 0.29) is 17.1 Å². The van der Waals surface area contributed by atoms with E-state index in [0.29, 0.717) is 0 Å². The van der Waals surface area contributed by atoms with E-state index in [0.717, 1.165) is 18.9 Å². The maximum absolute atomic E-state index is 10.2. The Morgan fingerprint density at radius 1 is 1.21 bits per heavy atom. The third-order valence-corrected chi connectivity index (χ3v) is 5.21. The quantitative estimate of drug-likeness (QED) is 0.826. The molecule has 2 rings (SSSR count). The Balaban J connectivity index is 1.81. The molecular formula is C17H32O2. The van der Waals surface area contributed by atoms with E-state index in [1.54, 1.807) is 0 Å². The van der Waals surface area contributed by atoms with Crippen molar-refractivity contribution in [2.24, 2.45) is 11.3 Å². The van der Waals surface area contributed by atoms with Crippen LogP contribution >= 0.6 is 0 Å². The molecule has 0 aromatic rings. The van der Waals surface area contributed by atoms with E-state index in [4.69, 9.17) is 4.74 Å². The molecule has 1 saturated carbocycles. The molecule has 0 bridgehead atoms. The molecule has 112 valence electrons. The first-order valence-corrected chi connectivity index (χ1v) is 8.23. The highest BCUT2D eigenvalue weighted by Gasteiger charge is 2.38. The molecule has 1 heterocycles. The van der Waals surface area contributed by atoms with E-state index < -0.39 is 0 Å². The highest BCUT2D eigenvalue weighted by molar-refractivity contribution is 4.90. The highest BCUT2D eigenvalue weighted by Crippen LogP contribution is 2.42. The predicted molar refractivity (Wildman–Crippen MR) is 79.2 cm³/mol. The van der Waals surface area contributed by atoms with Crippen molar-refractivity contribution in [3.63, 3.8) is 0 Å². The summed E-state index contributed by atoms with van der Waals surface area (Å²) in [5.74, 6) is 0.767. The van der Waals surface area contributed by atoms with Gasteiger partial charge in [0.2, 0.25) is 0 Å². The third kappa shape index (κ3) is 4.19. The first-order chi connectivity index (χ1) is 8.91. The minimum absolute atomic E-state index is 0.0215. The van der Waals surface area contributed by atoms with Gasteiger partial charge >= 0.3 is 0 Å². The summed E-state index contributed by atoms with van der Waals surface area (Å²) in [5, 5.41) is 10.2. The van der Waals surface area contributed by atoms with Crippen LogP contribution in [0.3, 0.4) is 0 Å². The summed E-state index contributed by atoms with van der Waals surface area (Å²) in [6, 6.07) is 0. The van der Waals surface area contributed by atoms with E-state index in [9.17, 15) is 5.11 Å². The van der Waals surface area contributed by atoms with Crippen molar-refractivity contribution in [3.05, 3.63) is 0 Å². The lowest BCUT2D eigenvalue weighted by Crippen LogP contribution is -2.41. The minimum Gasteiger partial charge on any atom is -0.393 e. The van der Waals surface area contributed by atoms with Crippen molar-refractivity contribution < 1.29 is 9.84 Å².